The van der Waals surface area contributed by atoms with Crippen LogP contribution < -0.4 is 10.6 Å². The standard InChI is InChI=1S/C25H36ClN3O5/c26-18-6-8-19(9-7-18)28-25(32)29-14-20(30)15-33-16-23-22(29)11-10-21(34-23)12-24(31)27-13-17-4-2-1-3-5-17/h6-9,17,20-23,30H,1-5,10-16H2,(H,27,31)(H,28,32)/t20-,21-,22+,23-/m0/s1. The van der Waals surface area contributed by atoms with Gasteiger partial charge in [0.1, 0.15) is 6.10 Å². The zero-order chi connectivity index (χ0) is 23.9. The molecule has 2 heterocycles. The van der Waals surface area contributed by atoms with Crippen molar-refractivity contribution in [3.63, 3.8) is 0 Å². The Morgan fingerprint density at radius 1 is 1.06 bits per heavy atom. The molecule has 0 bridgehead atoms. The molecule has 4 atom stereocenters. The van der Waals surface area contributed by atoms with Gasteiger partial charge in [-0.15, -0.1) is 0 Å². The van der Waals surface area contributed by atoms with E-state index >= 15 is 0 Å². The van der Waals surface area contributed by atoms with E-state index in [0.717, 1.165) is 6.54 Å². The van der Waals surface area contributed by atoms with Crippen molar-refractivity contribution in [2.75, 3.05) is 31.6 Å². The first kappa shape index (κ1) is 25.2. The van der Waals surface area contributed by atoms with Gasteiger partial charge < -0.3 is 30.1 Å². The monoisotopic (exact) mass is 493 g/mol. The van der Waals surface area contributed by atoms with Crippen LogP contribution in [0, 0.1) is 5.92 Å². The van der Waals surface area contributed by atoms with Crippen LogP contribution in [0.15, 0.2) is 24.3 Å². The Kier molecular flexibility index (Phi) is 9.05. The maximum absolute atomic E-state index is 13.1. The number of rotatable bonds is 5. The Bertz CT molecular complexity index is 817. The fourth-order valence-electron chi connectivity index (χ4n) is 5.23. The number of aliphatic hydroxyl groups is 1. The molecule has 8 nitrogen and oxygen atoms in total. The summed E-state index contributed by atoms with van der Waals surface area (Å²) >= 11 is 5.94. The first-order chi connectivity index (χ1) is 16.5. The van der Waals surface area contributed by atoms with Gasteiger partial charge in [0.15, 0.2) is 0 Å². The summed E-state index contributed by atoms with van der Waals surface area (Å²) in [5.74, 6) is 0.612. The highest BCUT2D eigenvalue weighted by Gasteiger charge is 2.40. The van der Waals surface area contributed by atoms with Gasteiger partial charge in [-0.25, -0.2) is 4.79 Å². The molecule has 0 unspecified atom stereocenters. The summed E-state index contributed by atoms with van der Waals surface area (Å²) in [4.78, 5) is 27.3. The van der Waals surface area contributed by atoms with Gasteiger partial charge in [-0.3, -0.25) is 4.79 Å². The Morgan fingerprint density at radius 2 is 1.82 bits per heavy atom. The van der Waals surface area contributed by atoms with Crippen LogP contribution in [0.4, 0.5) is 10.5 Å². The van der Waals surface area contributed by atoms with Crippen molar-refractivity contribution in [1.82, 2.24) is 10.2 Å². The van der Waals surface area contributed by atoms with Gasteiger partial charge in [-0.2, -0.15) is 0 Å². The third-order valence-corrected chi connectivity index (χ3v) is 7.31. The molecule has 34 heavy (non-hydrogen) atoms. The topological polar surface area (TPSA) is 100 Å². The van der Waals surface area contributed by atoms with E-state index in [4.69, 9.17) is 21.1 Å². The van der Waals surface area contributed by atoms with Gasteiger partial charge >= 0.3 is 6.03 Å². The summed E-state index contributed by atoms with van der Waals surface area (Å²) in [5.41, 5.74) is 0.628. The molecule has 1 aromatic carbocycles. The van der Waals surface area contributed by atoms with E-state index in [1.54, 1.807) is 29.2 Å². The number of halogens is 1. The smallest absolute Gasteiger partial charge is 0.322 e. The lowest BCUT2D eigenvalue weighted by Crippen LogP contribution is -2.58. The van der Waals surface area contributed by atoms with Crippen molar-refractivity contribution in [2.24, 2.45) is 5.92 Å². The molecule has 3 amide bonds. The number of urea groups is 1. The van der Waals surface area contributed by atoms with E-state index in [2.05, 4.69) is 10.6 Å². The van der Waals surface area contributed by atoms with E-state index in [0.29, 0.717) is 35.9 Å². The number of aliphatic hydroxyl groups excluding tert-OH is 1. The molecular weight excluding hydrogens is 458 g/mol. The predicted molar refractivity (Wildman–Crippen MR) is 130 cm³/mol. The van der Waals surface area contributed by atoms with E-state index in [9.17, 15) is 14.7 Å². The minimum Gasteiger partial charge on any atom is -0.389 e. The molecular formula is C25H36ClN3O5. The first-order valence-electron chi connectivity index (χ1n) is 12.5. The number of β-amino-alcohol motifs (C(OH)–C–C–N with tert-alkyl or cyclic N) is 1. The van der Waals surface area contributed by atoms with Gasteiger partial charge in [0.05, 0.1) is 44.4 Å². The average molecular weight is 494 g/mol. The lowest BCUT2D eigenvalue weighted by Gasteiger charge is -2.44. The maximum atomic E-state index is 13.1. The number of hydrogen-bond donors (Lipinski definition) is 3. The second kappa shape index (κ2) is 12.2. The molecule has 3 aliphatic rings. The Labute approximate surface area is 206 Å². The van der Waals surface area contributed by atoms with Gasteiger partial charge in [0.25, 0.3) is 0 Å². The van der Waals surface area contributed by atoms with Crippen LogP contribution in [0.25, 0.3) is 0 Å². The SMILES string of the molecule is O=C(C[C@@H]1CC[C@@H]2[C@H](COC[C@@H](O)CN2C(=O)Nc2ccc(Cl)cc2)O1)NCC1CCCCC1. The van der Waals surface area contributed by atoms with Gasteiger partial charge in [0.2, 0.25) is 5.91 Å². The molecule has 3 fully saturated rings. The summed E-state index contributed by atoms with van der Waals surface area (Å²) in [7, 11) is 0. The summed E-state index contributed by atoms with van der Waals surface area (Å²) in [6, 6.07) is 6.35. The van der Waals surface area contributed by atoms with Crippen LogP contribution in [-0.2, 0) is 14.3 Å². The predicted octanol–water partition coefficient (Wildman–Crippen LogP) is 3.57. The van der Waals surface area contributed by atoms with Crippen molar-refractivity contribution < 1.29 is 24.2 Å². The van der Waals surface area contributed by atoms with Crippen molar-refractivity contribution >= 4 is 29.2 Å². The Hall–Kier alpha value is -1.87. The van der Waals surface area contributed by atoms with E-state index in [1.165, 1.54) is 32.1 Å². The highest BCUT2D eigenvalue weighted by Crippen LogP contribution is 2.29. The first-order valence-corrected chi connectivity index (χ1v) is 12.9. The minimum atomic E-state index is -0.778. The van der Waals surface area contributed by atoms with Crippen molar-refractivity contribution in [2.45, 2.75) is 75.7 Å². The number of ether oxygens (including phenoxy) is 2. The molecule has 188 valence electrons. The highest BCUT2D eigenvalue weighted by molar-refractivity contribution is 6.30. The summed E-state index contributed by atoms with van der Waals surface area (Å²) in [6.45, 7) is 1.30. The number of amides is 3. The number of benzene rings is 1. The number of nitrogens with zero attached hydrogens (tertiary/aromatic N) is 1. The molecule has 1 aromatic rings. The van der Waals surface area contributed by atoms with Gasteiger partial charge in [-0.05, 0) is 55.9 Å². The second-order valence-corrected chi connectivity index (χ2v) is 10.2. The molecule has 0 radical (unpaired) electrons. The fraction of sp³-hybridized carbons (Fsp3) is 0.680. The minimum absolute atomic E-state index is 0.0218. The molecule has 2 aliphatic heterocycles. The molecule has 1 saturated carbocycles. The van der Waals surface area contributed by atoms with Crippen LogP contribution >= 0.6 is 11.6 Å². The Morgan fingerprint density at radius 3 is 2.59 bits per heavy atom. The van der Waals surface area contributed by atoms with Crippen molar-refractivity contribution in [3.05, 3.63) is 29.3 Å². The maximum Gasteiger partial charge on any atom is 0.322 e. The number of anilines is 1. The lowest BCUT2D eigenvalue weighted by atomic mass is 9.89. The molecule has 1 aliphatic carbocycles. The van der Waals surface area contributed by atoms with Crippen LogP contribution in [0.1, 0.15) is 51.4 Å². The molecule has 9 heteroatoms. The van der Waals surface area contributed by atoms with E-state index < -0.39 is 6.10 Å². The molecule has 2 saturated heterocycles. The zero-order valence-corrected chi connectivity index (χ0v) is 20.3. The van der Waals surface area contributed by atoms with E-state index in [-0.39, 0.29) is 49.9 Å². The Balaban J connectivity index is 1.33. The summed E-state index contributed by atoms with van der Waals surface area (Å²) in [5, 5.41) is 16.9. The van der Waals surface area contributed by atoms with E-state index in [1.807, 2.05) is 0 Å². The van der Waals surface area contributed by atoms with Crippen molar-refractivity contribution in [3.8, 4) is 0 Å². The number of carbonyl (C=O) groups is 2. The number of hydrogen-bond acceptors (Lipinski definition) is 5. The largest absolute Gasteiger partial charge is 0.389 e. The van der Waals surface area contributed by atoms with Crippen LogP contribution in [0.3, 0.4) is 0 Å². The highest BCUT2D eigenvalue weighted by atomic mass is 35.5. The molecule has 3 N–H and O–H groups in total. The van der Waals surface area contributed by atoms with Gasteiger partial charge in [0, 0.05) is 17.3 Å². The second-order valence-electron chi connectivity index (χ2n) is 9.73. The van der Waals surface area contributed by atoms with Crippen molar-refractivity contribution in [1.29, 1.82) is 0 Å². The number of fused-ring (bicyclic) bond motifs is 1. The third kappa shape index (κ3) is 7.07. The van der Waals surface area contributed by atoms with Gasteiger partial charge in [-0.1, -0.05) is 30.9 Å². The molecule has 0 spiro atoms. The average Bonchev–Trinajstić information content (AvgIpc) is 2.82. The summed E-state index contributed by atoms with van der Waals surface area (Å²) in [6.07, 6.45) is 6.52. The lowest BCUT2D eigenvalue weighted by molar-refractivity contribution is -0.149. The summed E-state index contributed by atoms with van der Waals surface area (Å²) < 4.78 is 11.9. The number of nitrogens with one attached hydrogen (secondary N) is 2. The van der Waals surface area contributed by atoms with Crippen LogP contribution in [0.2, 0.25) is 5.02 Å². The number of carbonyl (C=O) groups excluding carboxylic acids is 2. The normalized spacial score (nSPS) is 28.4. The molecule has 0 aromatic heterocycles. The van der Waals surface area contributed by atoms with Crippen LogP contribution in [0.5, 0.6) is 0 Å². The quantitative estimate of drug-likeness (QED) is 0.582. The van der Waals surface area contributed by atoms with Crippen LogP contribution in [-0.4, -0.2) is 72.6 Å². The third-order valence-electron chi connectivity index (χ3n) is 7.06. The zero-order valence-electron chi connectivity index (χ0n) is 19.6. The molecule has 4 rings (SSSR count). The fourth-order valence-corrected chi connectivity index (χ4v) is 5.36.